The molecule has 0 aliphatic carbocycles. The number of aliphatic carboxylic acids is 1. The second kappa shape index (κ2) is 8.76. The number of carbonyl (C=O) groups excluding carboxylic acids is 1. The molecule has 0 bridgehead atoms. The highest BCUT2D eigenvalue weighted by Gasteiger charge is 2.25. The molecule has 1 rings (SSSR count). The van der Waals surface area contributed by atoms with Crippen LogP contribution >= 0.6 is 0 Å². The Hall–Kier alpha value is -1.34. The Labute approximate surface area is 119 Å². The second-order valence-electron chi connectivity index (χ2n) is 5.01. The van der Waals surface area contributed by atoms with Gasteiger partial charge in [-0.25, -0.2) is 4.79 Å². The molecule has 1 aliphatic rings. The molecule has 0 saturated carbocycles. The van der Waals surface area contributed by atoms with Gasteiger partial charge in [-0.2, -0.15) is 0 Å². The molecule has 1 heterocycles. The summed E-state index contributed by atoms with van der Waals surface area (Å²) in [4.78, 5) is 26.1. The number of urea groups is 1. The topological polar surface area (TPSA) is 82.1 Å². The van der Waals surface area contributed by atoms with Gasteiger partial charge in [0.15, 0.2) is 0 Å². The monoisotopic (exact) mass is 287 g/mol. The number of piperidine rings is 1. The number of rotatable bonds is 7. The lowest BCUT2D eigenvalue weighted by molar-refractivity contribution is -0.138. The van der Waals surface area contributed by atoms with Crippen LogP contribution in [0.25, 0.3) is 0 Å². The summed E-state index contributed by atoms with van der Waals surface area (Å²) >= 11 is 0. The molecule has 1 fully saturated rings. The molecule has 116 valence electrons. The van der Waals surface area contributed by atoms with Crippen LogP contribution in [-0.2, 0) is 9.53 Å². The number of nitrogens with zero attached hydrogens (tertiary/aromatic N) is 2. The quantitative estimate of drug-likeness (QED) is 0.699. The first-order chi connectivity index (χ1) is 9.54. The van der Waals surface area contributed by atoms with Gasteiger partial charge >= 0.3 is 12.0 Å². The van der Waals surface area contributed by atoms with Crippen LogP contribution in [-0.4, -0.2) is 79.9 Å². The van der Waals surface area contributed by atoms with Crippen molar-refractivity contribution >= 4 is 12.0 Å². The minimum Gasteiger partial charge on any atom is -0.481 e. The summed E-state index contributed by atoms with van der Waals surface area (Å²) < 4.78 is 5.50. The molecule has 0 aromatic heterocycles. The van der Waals surface area contributed by atoms with Crippen molar-refractivity contribution in [1.82, 2.24) is 15.1 Å². The second-order valence-corrected chi connectivity index (χ2v) is 5.01. The summed E-state index contributed by atoms with van der Waals surface area (Å²) in [5.74, 6) is -0.844. The molecule has 0 radical (unpaired) electrons. The van der Waals surface area contributed by atoms with Gasteiger partial charge in [0.2, 0.25) is 0 Å². The Kier molecular flexibility index (Phi) is 7.32. The van der Waals surface area contributed by atoms with E-state index in [1.54, 1.807) is 11.9 Å². The van der Waals surface area contributed by atoms with E-state index in [1.165, 1.54) is 0 Å². The molecule has 7 heteroatoms. The largest absolute Gasteiger partial charge is 0.481 e. The number of carboxylic acid groups (broad SMARTS) is 1. The zero-order valence-electron chi connectivity index (χ0n) is 12.3. The minimum atomic E-state index is -0.844. The van der Waals surface area contributed by atoms with Crippen molar-refractivity contribution in [2.45, 2.75) is 25.4 Å². The van der Waals surface area contributed by atoms with E-state index in [2.05, 4.69) is 5.32 Å². The zero-order chi connectivity index (χ0) is 15.0. The third-order valence-corrected chi connectivity index (χ3v) is 3.41. The molecule has 0 aromatic rings. The highest BCUT2D eigenvalue weighted by atomic mass is 16.5. The SMILES string of the molecule is CNCCN(C)C(=O)N1CCC(OCCC(=O)O)CC1. The number of carbonyl (C=O) groups is 2. The van der Waals surface area contributed by atoms with Gasteiger partial charge in [-0.05, 0) is 19.9 Å². The average molecular weight is 287 g/mol. The number of amides is 2. The first kappa shape index (κ1) is 16.7. The lowest BCUT2D eigenvalue weighted by Gasteiger charge is -2.34. The van der Waals surface area contributed by atoms with Gasteiger partial charge in [-0.3, -0.25) is 4.79 Å². The normalized spacial score (nSPS) is 16.2. The molecular formula is C13H25N3O4. The zero-order valence-corrected chi connectivity index (χ0v) is 12.3. The molecule has 2 N–H and O–H groups in total. The van der Waals surface area contributed by atoms with E-state index >= 15 is 0 Å². The molecule has 0 unspecified atom stereocenters. The molecule has 0 atom stereocenters. The van der Waals surface area contributed by atoms with Gasteiger partial charge in [0.05, 0.1) is 19.1 Å². The molecule has 0 aromatic carbocycles. The number of hydrogen-bond donors (Lipinski definition) is 2. The fourth-order valence-electron chi connectivity index (χ4n) is 2.14. The first-order valence-electron chi connectivity index (χ1n) is 7.02. The van der Waals surface area contributed by atoms with E-state index in [1.807, 2.05) is 11.9 Å². The number of ether oxygens (including phenoxy) is 1. The Morgan fingerprint density at radius 2 is 2.05 bits per heavy atom. The van der Waals surface area contributed by atoms with Crippen LogP contribution in [0.3, 0.4) is 0 Å². The molecule has 2 amide bonds. The van der Waals surface area contributed by atoms with E-state index in [0.29, 0.717) is 19.6 Å². The van der Waals surface area contributed by atoms with Gasteiger partial charge < -0.3 is 25.0 Å². The van der Waals surface area contributed by atoms with Crippen LogP contribution in [0, 0.1) is 0 Å². The summed E-state index contributed by atoms with van der Waals surface area (Å²) in [6.07, 6.45) is 1.64. The van der Waals surface area contributed by atoms with Crippen molar-refractivity contribution in [1.29, 1.82) is 0 Å². The van der Waals surface area contributed by atoms with Crippen molar-refractivity contribution in [3.05, 3.63) is 0 Å². The highest BCUT2D eigenvalue weighted by molar-refractivity contribution is 5.74. The first-order valence-corrected chi connectivity index (χ1v) is 7.02. The number of carboxylic acids is 1. The molecule has 20 heavy (non-hydrogen) atoms. The standard InChI is InChI=1S/C13H25N3O4/c1-14-6-9-15(2)13(19)16-7-3-11(4-8-16)20-10-5-12(17)18/h11,14H,3-10H2,1-2H3,(H,17,18). The van der Waals surface area contributed by atoms with Gasteiger partial charge in [-0.15, -0.1) is 0 Å². The van der Waals surface area contributed by atoms with E-state index in [4.69, 9.17) is 9.84 Å². The van der Waals surface area contributed by atoms with Crippen LogP contribution in [0.4, 0.5) is 4.79 Å². The van der Waals surface area contributed by atoms with Gasteiger partial charge in [0.1, 0.15) is 0 Å². The van der Waals surface area contributed by atoms with Crippen molar-refractivity contribution in [3.8, 4) is 0 Å². The molecule has 7 nitrogen and oxygen atoms in total. The van der Waals surface area contributed by atoms with E-state index in [9.17, 15) is 9.59 Å². The lowest BCUT2D eigenvalue weighted by Crippen LogP contribution is -2.47. The van der Waals surface area contributed by atoms with E-state index in [0.717, 1.165) is 19.4 Å². The van der Waals surface area contributed by atoms with Crippen LogP contribution in [0.15, 0.2) is 0 Å². The Bertz CT molecular complexity index is 317. The fourth-order valence-corrected chi connectivity index (χ4v) is 2.14. The molecule has 0 spiro atoms. The Morgan fingerprint density at radius 3 is 2.60 bits per heavy atom. The summed E-state index contributed by atoms with van der Waals surface area (Å²) in [5, 5.41) is 11.6. The van der Waals surface area contributed by atoms with Crippen LogP contribution in [0.1, 0.15) is 19.3 Å². The predicted octanol–water partition coefficient (Wildman–Crippen LogP) is 0.213. The Balaban J connectivity index is 2.23. The number of likely N-dealkylation sites (tertiary alicyclic amines) is 1. The minimum absolute atomic E-state index is 0.0336. The smallest absolute Gasteiger partial charge is 0.319 e. The summed E-state index contributed by atoms with van der Waals surface area (Å²) in [6.45, 7) is 3.04. The maximum absolute atomic E-state index is 12.1. The lowest BCUT2D eigenvalue weighted by atomic mass is 10.1. The van der Waals surface area contributed by atoms with Crippen molar-refractivity contribution in [2.75, 3.05) is 46.9 Å². The Morgan fingerprint density at radius 1 is 1.40 bits per heavy atom. The maximum Gasteiger partial charge on any atom is 0.319 e. The van der Waals surface area contributed by atoms with E-state index < -0.39 is 5.97 Å². The van der Waals surface area contributed by atoms with Crippen LogP contribution in [0.5, 0.6) is 0 Å². The maximum atomic E-state index is 12.1. The summed E-state index contributed by atoms with van der Waals surface area (Å²) in [5.41, 5.74) is 0. The van der Waals surface area contributed by atoms with Crippen LogP contribution in [0.2, 0.25) is 0 Å². The highest BCUT2D eigenvalue weighted by Crippen LogP contribution is 2.15. The number of nitrogens with one attached hydrogen (secondary N) is 1. The number of hydrogen-bond acceptors (Lipinski definition) is 4. The van der Waals surface area contributed by atoms with Crippen molar-refractivity contribution < 1.29 is 19.4 Å². The third kappa shape index (κ3) is 5.75. The third-order valence-electron chi connectivity index (χ3n) is 3.41. The fraction of sp³-hybridized carbons (Fsp3) is 0.846. The van der Waals surface area contributed by atoms with Crippen LogP contribution < -0.4 is 5.32 Å². The predicted molar refractivity (Wildman–Crippen MR) is 74.8 cm³/mol. The van der Waals surface area contributed by atoms with Crippen molar-refractivity contribution in [2.24, 2.45) is 0 Å². The van der Waals surface area contributed by atoms with Gasteiger partial charge in [0, 0.05) is 33.2 Å². The number of likely N-dealkylation sites (N-methyl/N-ethyl adjacent to an activating group) is 2. The molecule has 1 aliphatic heterocycles. The molecular weight excluding hydrogens is 262 g/mol. The molecule has 1 saturated heterocycles. The van der Waals surface area contributed by atoms with Crippen molar-refractivity contribution in [3.63, 3.8) is 0 Å². The van der Waals surface area contributed by atoms with Gasteiger partial charge in [-0.1, -0.05) is 0 Å². The van der Waals surface area contributed by atoms with Gasteiger partial charge in [0.25, 0.3) is 0 Å². The average Bonchev–Trinajstić information content (AvgIpc) is 2.44. The van der Waals surface area contributed by atoms with E-state index in [-0.39, 0.29) is 25.2 Å². The summed E-state index contributed by atoms with van der Waals surface area (Å²) in [6, 6.07) is 0.0456. The summed E-state index contributed by atoms with van der Waals surface area (Å²) in [7, 11) is 3.66.